The monoisotopic (exact) mass is 419 g/mol. The molecule has 7 nitrogen and oxygen atoms in total. The molecule has 1 aliphatic carbocycles. The number of hydrogen-bond acceptors (Lipinski definition) is 6. The second-order valence-electron chi connectivity index (χ2n) is 9.07. The van der Waals surface area contributed by atoms with Crippen LogP contribution in [0.25, 0.3) is 0 Å². The smallest absolute Gasteiger partial charge is 0.353 e. The molecule has 0 aromatic rings. The number of fused-ring (bicyclic) bond motifs is 1. The SMILES string of the molecule is CC(O)C1C(=O)N2C(C(=O)O)=C(S[C@@H]3CN[C@H](CC4CCNC4=C4CC4)C3)C[C@H]12. The van der Waals surface area contributed by atoms with Crippen LogP contribution < -0.4 is 10.6 Å². The van der Waals surface area contributed by atoms with Crippen molar-refractivity contribution in [3.63, 3.8) is 0 Å². The molecule has 5 rings (SSSR count). The van der Waals surface area contributed by atoms with E-state index in [1.54, 1.807) is 24.3 Å². The van der Waals surface area contributed by atoms with Crippen LogP contribution >= 0.6 is 11.8 Å². The molecular weight excluding hydrogens is 390 g/mol. The van der Waals surface area contributed by atoms with E-state index in [4.69, 9.17) is 0 Å². The number of rotatable bonds is 6. The number of carboxylic acids is 1. The number of carbonyl (C=O) groups is 2. The van der Waals surface area contributed by atoms with E-state index in [9.17, 15) is 19.8 Å². The molecule has 0 spiro atoms. The van der Waals surface area contributed by atoms with E-state index in [1.807, 2.05) is 0 Å². The number of aliphatic hydroxyl groups excluding tert-OH is 1. The summed E-state index contributed by atoms with van der Waals surface area (Å²) in [5.74, 6) is -1.12. The zero-order chi connectivity index (χ0) is 20.3. The number of aliphatic hydroxyl groups is 1. The predicted octanol–water partition coefficient (Wildman–Crippen LogP) is 1.41. The lowest BCUT2D eigenvalue weighted by Crippen LogP contribution is -2.61. The Balaban J connectivity index is 1.22. The number of carbonyl (C=O) groups excluding carboxylic acids is 1. The summed E-state index contributed by atoms with van der Waals surface area (Å²) in [4.78, 5) is 26.4. The van der Waals surface area contributed by atoms with Crippen LogP contribution in [0.2, 0.25) is 0 Å². The van der Waals surface area contributed by atoms with E-state index in [0.717, 1.165) is 30.8 Å². The van der Waals surface area contributed by atoms with Crippen LogP contribution in [0.5, 0.6) is 0 Å². The molecule has 3 saturated heterocycles. The Kier molecular flexibility index (Phi) is 4.91. The molecule has 4 aliphatic heterocycles. The van der Waals surface area contributed by atoms with Crippen molar-refractivity contribution in [2.24, 2.45) is 11.8 Å². The number of thioether (sulfide) groups is 1. The minimum absolute atomic E-state index is 0.145. The lowest BCUT2D eigenvalue weighted by molar-refractivity contribution is -0.161. The summed E-state index contributed by atoms with van der Waals surface area (Å²) in [6, 6.07) is 0.268. The quantitative estimate of drug-likeness (QED) is 0.483. The van der Waals surface area contributed by atoms with Gasteiger partial charge in [-0.05, 0) is 39.0 Å². The number of aliphatic carboxylic acids is 1. The van der Waals surface area contributed by atoms with Crippen LogP contribution in [0.4, 0.5) is 0 Å². The zero-order valence-corrected chi connectivity index (χ0v) is 17.5. The lowest BCUT2D eigenvalue weighted by Gasteiger charge is -2.44. The average Bonchev–Trinajstić information content (AvgIpc) is 3.09. The molecule has 4 N–H and O–H groups in total. The van der Waals surface area contributed by atoms with Crippen molar-refractivity contribution in [2.75, 3.05) is 13.1 Å². The van der Waals surface area contributed by atoms with Gasteiger partial charge >= 0.3 is 5.97 Å². The van der Waals surface area contributed by atoms with Crippen LogP contribution in [0.3, 0.4) is 0 Å². The normalized spacial score (nSPS) is 37.0. The number of nitrogens with one attached hydrogen (secondary N) is 2. The molecule has 158 valence electrons. The highest BCUT2D eigenvalue weighted by atomic mass is 32.2. The Bertz CT molecular complexity index is 802. The van der Waals surface area contributed by atoms with Crippen molar-refractivity contribution >= 4 is 23.6 Å². The summed E-state index contributed by atoms with van der Waals surface area (Å²) in [5, 5.41) is 27.1. The highest BCUT2D eigenvalue weighted by Crippen LogP contribution is 2.49. The summed E-state index contributed by atoms with van der Waals surface area (Å²) in [7, 11) is 0. The molecule has 0 aromatic carbocycles. The second-order valence-corrected chi connectivity index (χ2v) is 10.5. The fourth-order valence-corrected chi connectivity index (χ4v) is 7.06. The molecule has 0 bridgehead atoms. The molecule has 4 heterocycles. The number of β-lactam (4-membered cyclic amide) rings is 1. The molecule has 3 unspecified atom stereocenters. The fourth-order valence-electron chi connectivity index (χ4n) is 5.58. The first kappa shape index (κ1) is 19.5. The van der Waals surface area contributed by atoms with E-state index >= 15 is 0 Å². The van der Waals surface area contributed by atoms with E-state index < -0.39 is 18.0 Å². The number of hydrogen-bond donors (Lipinski definition) is 4. The molecule has 0 radical (unpaired) electrons. The number of allylic oxidation sites excluding steroid dienone is 2. The molecular formula is C21H29N3O4S. The first-order valence-electron chi connectivity index (χ1n) is 10.8. The Morgan fingerprint density at radius 1 is 1.38 bits per heavy atom. The lowest BCUT2D eigenvalue weighted by atomic mass is 9.83. The predicted molar refractivity (Wildman–Crippen MR) is 110 cm³/mol. The van der Waals surface area contributed by atoms with Gasteiger partial charge in [-0.25, -0.2) is 4.79 Å². The van der Waals surface area contributed by atoms with Gasteiger partial charge in [0.1, 0.15) is 5.70 Å². The van der Waals surface area contributed by atoms with E-state index in [0.29, 0.717) is 23.6 Å². The van der Waals surface area contributed by atoms with Crippen molar-refractivity contribution in [1.29, 1.82) is 0 Å². The van der Waals surface area contributed by atoms with E-state index in [-0.39, 0.29) is 17.6 Å². The number of carboxylic acid groups (broad SMARTS) is 1. The molecule has 0 aromatic heterocycles. The van der Waals surface area contributed by atoms with Gasteiger partial charge < -0.3 is 25.7 Å². The molecule has 1 saturated carbocycles. The van der Waals surface area contributed by atoms with Crippen molar-refractivity contribution in [3.05, 3.63) is 21.9 Å². The Morgan fingerprint density at radius 3 is 2.86 bits per heavy atom. The Hall–Kier alpha value is -1.51. The summed E-state index contributed by atoms with van der Waals surface area (Å²) in [6.07, 6.45) is 5.70. The van der Waals surface area contributed by atoms with Gasteiger partial charge in [0, 0.05) is 47.3 Å². The third-order valence-electron chi connectivity index (χ3n) is 7.05. The molecule has 4 fully saturated rings. The highest BCUT2D eigenvalue weighted by molar-refractivity contribution is 8.03. The minimum atomic E-state index is -1.03. The van der Waals surface area contributed by atoms with Crippen LogP contribution in [0.15, 0.2) is 21.9 Å². The summed E-state index contributed by atoms with van der Waals surface area (Å²) in [5.41, 5.74) is 3.26. The van der Waals surface area contributed by atoms with Gasteiger partial charge in [0.05, 0.1) is 18.1 Å². The molecule has 1 amide bonds. The maximum absolute atomic E-state index is 12.4. The summed E-state index contributed by atoms with van der Waals surface area (Å²) in [6.45, 7) is 3.56. The topological polar surface area (TPSA) is 102 Å². The maximum Gasteiger partial charge on any atom is 0.353 e. The van der Waals surface area contributed by atoms with Crippen LogP contribution in [-0.4, -0.2) is 63.5 Å². The van der Waals surface area contributed by atoms with E-state index in [1.165, 1.54) is 29.9 Å². The van der Waals surface area contributed by atoms with Crippen LogP contribution in [0, 0.1) is 11.8 Å². The molecule has 8 heteroatoms. The van der Waals surface area contributed by atoms with Gasteiger partial charge in [0.25, 0.3) is 0 Å². The molecule has 5 aliphatic rings. The minimum Gasteiger partial charge on any atom is -0.477 e. The van der Waals surface area contributed by atoms with Crippen molar-refractivity contribution < 1.29 is 19.8 Å². The van der Waals surface area contributed by atoms with Crippen LogP contribution in [0.1, 0.15) is 45.4 Å². The molecule has 29 heavy (non-hydrogen) atoms. The molecule has 6 atom stereocenters. The van der Waals surface area contributed by atoms with Gasteiger partial charge in [0.15, 0.2) is 0 Å². The van der Waals surface area contributed by atoms with Crippen molar-refractivity contribution in [3.8, 4) is 0 Å². The van der Waals surface area contributed by atoms with Crippen molar-refractivity contribution in [2.45, 2.75) is 68.9 Å². The second kappa shape index (κ2) is 7.32. The van der Waals surface area contributed by atoms with Crippen molar-refractivity contribution in [1.82, 2.24) is 15.5 Å². The first-order valence-corrected chi connectivity index (χ1v) is 11.7. The maximum atomic E-state index is 12.4. The van der Waals surface area contributed by atoms with Gasteiger partial charge in [0.2, 0.25) is 5.91 Å². The van der Waals surface area contributed by atoms with Gasteiger partial charge in [-0.3, -0.25) is 4.79 Å². The van der Waals surface area contributed by atoms with Gasteiger partial charge in [-0.1, -0.05) is 5.57 Å². The number of amides is 1. The third-order valence-corrected chi connectivity index (χ3v) is 8.38. The van der Waals surface area contributed by atoms with E-state index in [2.05, 4.69) is 10.6 Å². The van der Waals surface area contributed by atoms with Gasteiger partial charge in [-0.15, -0.1) is 11.8 Å². The average molecular weight is 420 g/mol. The zero-order valence-electron chi connectivity index (χ0n) is 16.7. The van der Waals surface area contributed by atoms with Crippen LogP contribution in [-0.2, 0) is 9.59 Å². The third kappa shape index (κ3) is 3.39. The standard InChI is InChI=1S/C21H29N3O4S/c1-10(25)17-15-8-16(19(21(27)28)24(15)20(17)26)29-14-7-13(23-9-14)6-12-4-5-22-18(12)11-2-3-11/h10,12-15,17,22-23,25H,2-9H2,1H3,(H,27,28)/t10?,12?,13-,14+,15-,17?/m1/s1. The fraction of sp³-hybridized carbons (Fsp3) is 0.714. The number of nitrogens with zero attached hydrogens (tertiary/aromatic N) is 1. The highest BCUT2D eigenvalue weighted by Gasteiger charge is 2.57. The summed E-state index contributed by atoms with van der Waals surface area (Å²) < 4.78 is 0. The van der Waals surface area contributed by atoms with Gasteiger partial charge in [-0.2, -0.15) is 0 Å². The largest absolute Gasteiger partial charge is 0.477 e. The Labute approximate surface area is 175 Å². The summed E-state index contributed by atoms with van der Waals surface area (Å²) >= 11 is 1.63. The Morgan fingerprint density at radius 2 is 2.17 bits per heavy atom. The first-order chi connectivity index (χ1) is 13.9.